The van der Waals surface area contributed by atoms with E-state index >= 15 is 0 Å². The second kappa shape index (κ2) is 6.95. The molecule has 8 heteroatoms. The molecule has 2 aliphatic rings. The molecule has 3 heterocycles. The monoisotopic (exact) mass is 343 g/mol. The van der Waals surface area contributed by atoms with Crippen molar-refractivity contribution in [1.82, 2.24) is 25.0 Å². The molecule has 4 rings (SSSR count). The molecular formula is C17H25N7O. The second-order valence-electron chi connectivity index (χ2n) is 7.17. The first kappa shape index (κ1) is 16.3. The largest absolute Gasteiger partial charge is 0.367 e. The van der Waals surface area contributed by atoms with Gasteiger partial charge >= 0.3 is 0 Å². The van der Waals surface area contributed by atoms with Gasteiger partial charge in [-0.25, -0.2) is 9.97 Å². The first-order valence-corrected chi connectivity index (χ1v) is 8.98. The van der Waals surface area contributed by atoms with Crippen LogP contribution in [0.3, 0.4) is 0 Å². The standard InChI is InChI=1S/C17H25N7O/c1-23(2)16-9-14(18-11-19-16)20-13-5-7-24(8-6-13)10-15-21-17(25-22-15)12-3-4-12/h9,11-13H,3-8,10H2,1-2H3,(H,18,19,20). The molecule has 1 saturated carbocycles. The smallest absolute Gasteiger partial charge is 0.229 e. The average Bonchev–Trinajstić information content (AvgIpc) is 3.37. The normalized spacial score (nSPS) is 19.1. The Labute approximate surface area is 147 Å². The maximum atomic E-state index is 5.34. The fourth-order valence-electron chi connectivity index (χ4n) is 3.14. The van der Waals surface area contributed by atoms with E-state index < -0.39 is 0 Å². The van der Waals surface area contributed by atoms with E-state index in [-0.39, 0.29) is 0 Å². The Morgan fingerprint density at radius 2 is 2.00 bits per heavy atom. The molecule has 0 bridgehead atoms. The number of nitrogens with one attached hydrogen (secondary N) is 1. The number of piperidine rings is 1. The van der Waals surface area contributed by atoms with Crippen molar-refractivity contribution in [2.45, 2.75) is 44.2 Å². The molecule has 0 radical (unpaired) electrons. The molecule has 8 nitrogen and oxygen atoms in total. The summed E-state index contributed by atoms with van der Waals surface area (Å²) >= 11 is 0. The summed E-state index contributed by atoms with van der Waals surface area (Å²) in [5, 5.41) is 7.65. The molecule has 1 N–H and O–H groups in total. The molecule has 0 atom stereocenters. The molecule has 0 spiro atoms. The van der Waals surface area contributed by atoms with Crippen molar-refractivity contribution in [3.63, 3.8) is 0 Å². The summed E-state index contributed by atoms with van der Waals surface area (Å²) in [6, 6.07) is 2.43. The minimum atomic E-state index is 0.438. The molecule has 2 fully saturated rings. The van der Waals surface area contributed by atoms with Crippen LogP contribution in [0.5, 0.6) is 0 Å². The highest BCUT2D eigenvalue weighted by atomic mass is 16.5. The van der Waals surface area contributed by atoms with Crippen LogP contribution < -0.4 is 10.2 Å². The van der Waals surface area contributed by atoms with Crippen LogP contribution >= 0.6 is 0 Å². The van der Waals surface area contributed by atoms with Crippen LogP contribution in [0.15, 0.2) is 16.9 Å². The number of aromatic nitrogens is 4. The SMILES string of the molecule is CN(C)c1cc(NC2CCN(Cc3noc(C4CC4)n3)CC2)ncn1. The van der Waals surface area contributed by atoms with Crippen molar-refractivity contribution >= 4 is 11.6 Å². The summed E-state index contributed by atoms with van der Waals surface area (Å²) in [6.07, 6.45) is 6.15. The van der Waals surface area contributed by atoms with Gasteiger partial charge in [0.1, 0.15) is 18.0 Å². The van der Waals surface area contributed by atoms with Crippen LogP contribution in [0.2, 0.25) is 0 Å². The topological polar surface area (TPSA) is 83.2 Å². The van der Waals surface area contributed by atoms with Crippen LogP contribution in [0.4, 0.5) is 11.6 Å². The molecule has 1 aliphatic carbocycles. The van der Waals surface area contributed by atoms with Crippen LogP contribution in [-0.2, 0) is 6.54 Å². The predicted octanol–water partition coefficient (Wildman–Crippen LogP) is 1.88. The number of rotatable bonds is 6. The zero-order valence-electron chi connectivity index (χ0n) is 14.9. The van der Waals surface area contributed by atoms with E-state index in [0.717, 1.165) is 55.8 Å². The van der Waals surface area contributed by atoms with Crippen molar-refractivity contribution in [2.24, 2.45) is 0 Å². The van der Waals surface area contributed by atoms with Gasteiger partial charge in [0.2, 0.25) is 5.89 Å². The van der Waals surface area contributed by atoms with Gasteiger partial charge < -0.3 is 14.7 Å². The van der Waals surface area contributed by atoms with E-state index in [4.69, 9.17) is 4.52 Å². The first-order chi connectivity index (χ1) is 12.2. The first-order valence-electron chi connectivity index (χ1n) is 8.98. The molecule has 0 amide bonds. The van der Waals surface area contributed by atoms with Crippen LogP contribution in [0.1, 0.15) is 43.3 Å². The molecule has 0 unspecified atom stereocenters. The summed E-state index contributed by atoms with van der Waals surface area (Å²) in [5.74, 6) is 3.98. The van der Waals surface area contributed by atoms with Gasteiger partial charge in [-0.3, -0.25) is 4.90 Å². The molecule has 2 aromatic rings. The third-order valence-corrected chi connectivity index (χ3v) is 4.83. The van der Waals surface area contributed by atoms with Crippen molar-refractivity contribution in [2.75, 3.05) is 37.4 Å². The molecule has 1 aliphatic heterocycles. The number of likely N-dealkylation sites (tertiary alicyclic amines) is 1. The van der Waals surface area contributed by atoms with Crippen LogP contribution in [0.25, 0.3) is 0 Å². The van der Waals surface area contributed by atoms with Gasteiger partial charge in [-0.2, -0.15) is 4.98 Å². The van der Waals surface area contributed by atoms with E-state index in [1.165, 1.54) is 12.8 Å². The lowest BCUT2D eigenvalue weighted by atomic mass is 10.1. The van der Waals surface area contributed by atoms with E-state index in [2.05, 4.69) is 30.3 Å². The van der Waals surface area contributed by atoms with Gasteiger partial charge in [0.05, 0.1) is 6.54 Å². The lowest BCUT2D eigenvalue weighted by Crippen LogP contribution is -2.39. The van der Waals surface area contributed by atoms with Crippen molar-refractivity contribution in [3.8, 4) is 0 Å². The molecule has 25 heavy (non-hydrogen) atoms. The molecule has 1 saturated heterocycles. The van der Waals surface area contributed by atoms with Gasteiger partial charge in [-0.15, -0.1) is 0 Å². The third kappa shape index (κ3) is 4.07. The Morgan fingerprint density at radius 1 is 1.20 bits per heavy atom. The fourth-order valence-corrected chi connectivity index (χ4v) is 3.14. The number of hydrogen-bond acceptors (Lipinski definition) is 8. The van der Waals surface area contributed by atoms with Gasteiger partial charge in [0.15, 0.2) is 5.82 Å². The zero-order valence-corrected chi connectivity index (χ0v) is 14.9. The Morgan fingerprint density at radius 3 is 2.72 bits per heavy atom. The van der Waals surface area contributed by atoms with Gasteiger partial charge in [0.25, 0.3) is 0 Å². The second-order valence-corrected chi connectivity index (χ2v) is 7.17. The minimum Gasteiger partial charge on any atom is -0.367 e. The molecular weight excluding hydrogens is 318 g/mol. The van der Waals surface area contributed by atoms with Crippen LogP contribution in [0, 0.1) is 0 Å². The molecule has 2 aromatic heterocycles. The fraction of sp³-hybridized carbons (Fsp3) is 0.647. The summed E-state index contributed by atoms with van der Waals surface area (Å²) in [4.78, 5) is 17.5. The average molecular weight is 343 g/mol. The summed E-state index contributed by atoms with van der Waals surface area (Å²) in [7, 11) is 3.97. The maximum Gasteiger partial charge on any atom is 0.229 e. The highest BCUT2D eigenvalue weighted by Gasteiger charge is 2.30. The van der Waals surface area contributed by atoms with Gasteiger partial charge in [-0.1, -0.05) is 5.16 Å². The maximum absolute atomic E-state index is 5.34. The Hall–Kier alpha value is -2.22. The summed E-state index contributed by atoms with van der Waals surface area (Å²) in [5.41, 5.74) is 0. The molecule has 0 aromatic carbocycles. The van der Waals surface area contributed by atoms with Crippen molar-refractivity contribution < 1.29 is 4.52 Å². The number of hydrogen-bond donors (Lipinski definition) is 1. The zero-order chi connectivity index (χ0) is 17.2. The highest BCUT2D eigenvalue weighted by Crippen LogP contribution is 2.38. The molecule has 134 valence electrons. The Bertz CT molecular complexity index is 705. The number of anilines is 2. The van der Waals surface area contributed by atoms with Gasteiger partial charge in [-0.05, 0) is 25.7 Å². The lowest BCUT2D eigenvalue weighted by Gasteiger charge is -2.31. The predicted molar refractivity (Wildman–Crippen MR) is 94.6 cm³/mol. The van der Waals surface area contributed by atoms with E-state index in [9.17, 15) is 0 Å². The Kier molecular flexibility index (Phi) is 4.52. The summed E-state index contributed by atoms with van der Waals surface area (Å²) < 4.78 is 5.34. The Balaban J connectivity index is 1.27. The van der Waals surface area contributed by atoms with E-state index in [0.29, 0.717) is 12.0 Å². The highest BCUT2D eigenvalue weighted by molar-refractivity contribution is 5.47. The van der Waals surface area contributed by atoms with Gasteiger partial charge in [0, 0.05) is 45.2 Å². The van der Waals surface area contributed by atoms with Crippen LogP contribution in [-0.4, -0.2) is 58.2 Å². The third-order valence-electron chi connectivity index (χ3n) is 4.83. The quantitative estimate of drug-likeness (QED) is 0.851. The number of nitrogens with zero attached hydrogens (tertiary/aromatic N) is 6. The van der Waals surface area contributed by atoms with Crippen molar-refractivity contribution in [3.05, 3.63) is 24.1 Å². The van der Waals surface area contributed by atoms with E-state index in [1.54, 1.807) is 6.33 Å². The van der Waals surface area contributed by atoms with Crippen molar-refractivity contribution in [1.29, 1.82) is 0 Å². The summed E-state index contributed by atoms with van der Waals surface area (Å²) in [6.45, 7) is 2.83. The van der Waals surface area contributed by atoms with E-state index in [1.807, 2.05) is 25.1 Å². The lowest BCUT2D eigenvalue weighted by molar-refractivity contribution is 0.204. The minimum absolute atomic E-state index is 0.438.